The lowest BCUT2D eigenvalue weighted by atomic mass is 9.72. The summed E-state index contributed by atoms with van der Waals surface area (Å²) in [5.74, 6) is 0.530. The molecule has 138 valence electrons. The van der Waals surface area contributed by atoms with Crippen LogP contribution in [0.15, 0.2) is 18.2 Å². The fourth-order valence-corrected chi connectivity index (χ4v) is 4.48. The number of carbonyl (C=O) groups is 1. The first kappa shape index (κ1) is 17.3. The van der Waals surface area contributed by atoms with Crippen molar-refractivity contribution < 1.29 is 9.18 Å². The van der Waals surface area contributed by atoms with Gasteiger partial charge in [0.2, 0.25) is 0 Å². The molecular weight excluding hydrogens is 333 g/mol. The molecular formula is C19H24FN5O. The number of hydrogen-bond donors (Lipinski definition) is 3. The minimum absolute atomic E-state index is 0.0659. The summed E-state index contributed by atoms with van der Waals surface area (Å²) in [6, 6.07) is 6.62. The lowest BCUT2D eigenvalue weighted by molar-refractivity contribution is 0.108. The summed E-state index contributed by atoms with van der Waals surface area (Å²) in [5.41, 5.74) is 7.28. The highest BCUT2D eigenvalue weighted by Crippen LogP contribution is 2.38. The third kappa shape index (κ3) is 3.04. The molecule has 1 aliphatic carbocycles. The summed E-state index contributed by atoms with van der Waals surface area (Å²) < 4.78 is 13.5. The Kier molecular flexibility index (Phi) is 4.55. The number of amides is 2. The number of hydrazine groups is 1. The Hall–Kier alpha value is -2.17. The molecule has 7 heteroatoms. The van der Waals surface area contributed by atoms with Gasteiger partial charge in [-0.1, -0.05) is 6.42 Å². The summed E-state index contributed by atoms with van der Waals surface area (Å²) in [5, 5.41) is 11.8. The Labute approximate surface area is 152 Å². The molecule has 0 bridgehead atoms. The van der Waals surface area contributed by atoms with Crippen molar-refractivity contribution in [1.82, 2.24) is 15.8 Å². The van der Waals surface area contributed by atoms with Crippen LogP contribution >= 0.6 is 0 Å². The van der Waals surface area contributed by atoms with Gasteiger partial charge in [0.1, 0.15) is 11.9 Å². The molecule has 1 saturated carbocycles. The van der Waals surface area contributed by atoms with Crippen LogP contribution in [0.3, 0.4) is 0 Å². The van der Waals surface area contributed by atoms with Crippen LogP contribution in [0, 0.1) is 29.0 Å². The molecule has 3 aliphatic rings. The van der Waals surface area contributed by atoms with Gasteiger partial charge in [-0.2, -0.15) is 5.26 Å². The number of halogens is 1. The van der Waals surface area contributed by atoms with Gasteiger partial charge in [0.25, 0.3) is 0 Å². The second kappa shape index (κ2) is 6.86. The van der Waals surface area contributed by atoms with Crippen LogP contribution in [0.2, 0.25) is 0 Å². The van der Waals surface area contributed by atoms with Crippen molar-refractivity contribution in [1.29, 1.82) is 5.26 Å². The lowest BCUT2D eigenvalue weighted by Gasteiger charge is -2.43. The van der Waals surface area contributed by atoms with E-state index in [1.807, 2.05) is 4.90 Å². The standard InChI is InChI=1S/C19H24FN5O/c1-11-7-17-15(18(24-23-17)12-3-2-4-12)10-25(11)19(26)22-14-5-6-16(20)13(8-14)9-21/h5-6,8,11-12,15,17-18,23-24H,2-4,7,10H2,1H3,(H,22,26). The van der Waals surface area contributed by atoms with Crippen LogP contribution in [-0.2, 0) is 0 Å². The van der Waals surface area contributed by atoms with Gasteiger partial charge in [-0.05, 0) is 50.3 Å². The van der Waals surface area contributed by atoms with E-state index in [0.29, 0.717) is 36.2 Å². The fourth-order valence-electron chi connectivity index (χ4n) is 4.48. The molecule has 2 saturated heterocycles. The minimum atomic E-state index is -0.578. The molecule has 1 aromatic carbocycles. The Morgan fingerprint density at radius 3 is 2.88 bits per heavy atom. The van der Waals surface area contributed by atoms with E-state index in [9.17, 15) is 9.18 Å². The van der Waals surface area contributed by atoms with Gasteiger partial charge >= 0.3 is 6.03 Å². The van der Waals surface area contributed by atoms with Crippen LogP contribution in [0.25, 0.3) is 0 Å². The van der Waals surface area contributed by atoms with E-state index in [1.54, 1.807) is 6.07 Å². The number of nitriles is 1. The number of nitrogens with zero attached hydrogens (tertiary/aromatic N) is 2. The largest absolute Gasteiger partial charge is 0.322 e. The third-order valence-corrected chi connectivity index (χ3v) is 6.20. The van der Waals surface area contributed by atoms with Gasteiger partial charge < -0.3 is 10.2 Å². The van der Waals surface area contributed by atoms with E-state index < -0.39 is 5.82 Å². The Morgan fingerprint density at radius 2 is 2.19 bits per heavy atom. The number of nitrogens with one attached hydrogen (secondary N) is 3. The maximum absolute atomic E-state index is 13.5. The topological polar surface area (TPSA) is 80.2 Å². The molecule has 1 aromatic rings. The number of anilines is 1. The zero-order valence-corrected chi connectivity index (χ0v) is 14.8. The molecule has 0 spiro atoms. The highest BCUT2D eigenvalue weighted by atomic mass is 19.1. The maximum atomic E-state index is 13.5. The van der Waals surface area contributed by atoms with Crippen molar-refractivity contribution in [3.63, 3.8) is 0 Å². The van der Waals surface area contributed by atoms with Crippen molar-refractivity contribution in [2.75, 3.05) is 11.9 Å². The first-order valence-corrected chi connectivity index (χ1v) is 9.35. The van der Waals surface area contributed by atoms with E-state index >= 15 is 0 Å². The monoisotopic (exact) mass is 357 g/mol. The van der Waals surface area contributed by atoms with Crippen LogP contribution in [0.5, 0.6) is 0 Å². The summed E-state index contributed by atoms with van der Waals surface area (Å²) in [6.45, 7) is 2.75. The van der Waals surface area contributed by atoms with Crippen LogP contribution in [-0.4, -0.2) is 35.6 Å². The van der Waals surface area contributed by atoms with Gasteiger partial charge in [0.05, 0.1) is 5.56 Å². The average molecular weight is 357 g/mol. The smallest absolute Gasteiger partial charge is 0.321 e. The van der Waals surface area contributed by atoms with Crippen molar-refractivity contribution in [3.8, 4) is 6.07 Å². The van der Waals surface area contributed by atoms with Crippen molar-refractivity contribution in [3.05, 3.63) is 29.6 Å². The number of hydrogen-bond acceptors (Lipinski definition) is 4. The number of urea groups is 1. The van der Waals surface area contributed by atoms with Crippen LogP contribution < -0.4 is 16.2 Å². The second-order valence-corrected chi connectivity index (χ2v) is 7.75. The van der Waals surface area contributed by atoms with E-state index in [2.05, 4.69) is 23.1 Å². The van der Waals surface area contributed by atoms with Gasteiger partial charge in [-0.15, -0.1) is 0 Å². The van der Waals surface area contributed by atoms with Crippen molar-refractivity contribution in [2.24, 2.45) is 11.8 Å². The maximum Gasteiger partial charge on any atom is 0.322 e. The zero-order chi connectivity index (χ0) is 18.3. The number of carbonyl (C=O) groups excluding carboxylic acids is 1. The first-order valence-electron chi connectivity index (χ1n) is 9.35. The molecule has 2 amide bonds. The normalized spacial score (nSPS) is 31.0. The average Bonchev–Trinajstić information content (AvgIpc) is 2.96. The molecule has 2 aliphatic heterocycles. The molecule has 3 fully saturated rings. The summed E-state index contributed by atoms with van der Waals surface area (Å²) in [6.07, 6.45) is 4.72. The minimum Gasteiger partial charge on any atom is -0.321 e. The predicted octanol–water partition coefficient (Wildman–Crippen LogP) is 2.58. The molecule has 0 radical (unpaired) electrons. The van der Waals surface area contributed by atoms with Gasteiger partial charge in [-0.3, -0.25) is 10.9 Å². The Balaban J connectivity index is 1.46. The van der Waals surface area contributed by atoms with E-state index in [0.717, 1.165) is 6.42 Å². The van der Waals surface area contributed by atoms with Gasteiger partial charge in [0.15, 0.2) is 0 Å². The van der Waals surface area contributed by atoms with Gasteiger partial charge in [-0.25, -0.2) is 9.18 Å². The molecule has 4 atom stereocenters. The first-order chi connectivity index (χ1) is 12.6. The van der Waals surface area contributed by atoms with Crippen LogP contribution in [0.1, 0.15) is 38.2 Å². The number of rotatable bonds is 2. The molecule has 2 heterocycles. The fraction of sp³-hybridized carbons (Fsp3) is 0.579. The molecule has 6 nitrogen and oxygen atoms in total. The molecule has 3 N–H and O–H groups in total. The summed E-state index contributed by atoms with van der Waals surface area (Å²) in [4.78, 5) is 14.7. The Bertz CT molecular complexity index is 744. The van der Waals surface area contributed by atoms with Crippen molar-refractivity contribution in [2.45, 2.75) is 50.7 Å². The molecule has 4 unspecified atom stereocenters. The number of likely N-dealkylation sites (tertiary alicyclic amines) is 1. The van der Waals surface area contributed by atoms with E-state index in [-0.39, 0.29) is 17.6 Å². The molecule has 4 rings (SSSR count). The zero-order valence-electron chi connectivity index (χ0n) is 14.8. The molecule has 0 aromatic heterocycles. The predicted molar refractivity (Wildman–Crippen MR) is 95.6 cm³/mol. The van der Waals surface area contributed by atoms with E-state index in [4.69, 9.17) is 5.26 Å². The Morgan fingerprint density at radius 1 is 1.38 bits per heavy atom. The number of fused-ring (bicyclic) bond motifs is 1. The third-order valence-electron chi connectivity index (χ3n) is 6.20. The quantitative estimate of drug-likeness (QED) is 0.760. The van der Waals surface area contributed by atoms with Crippen molar-refractivity contribution >= 4 is 11.7 Å². The summed E-state index contributed by atoms with van der Waals surface area (Å²) >= 11 is 0. The SMILES string of the molecule is CC1CC2NNC(C3CCC3)C2CN1C(=O)Nc1ccc(F)c(C#N)c1. The number of benzene rings is 1. The molecule has 26 heavy (non-hydrogen) atoms. The summed E-state index contributed by atoms with van der Waals surface area (Å²) in [7, 11) is 0. The highest BCUT2D eigenvalue weighted by molar-refractivity contribution is 5.89. The van der Waals surface area contributed by atoms with E-state index in [1.165, 1.54) is 37.5 Å². The van der Waals surface area contributed by atoms with Gasteiger partial charge in [0, 0.05) is 36.3 Å². The highest BCUT2D eigenvalue weighted by Gasteiger charge is 2.47. The number of piperidine rings is 1. The van der Waals surface area contributed by atoms with Crippen LogP contribution in [0.4, 0.5) is 14.9 Å². The lowest BCUT2D eigenvalue weighted by Crippen LogP contribution is -2.55. The second-order valence-electron chi connectivity index (χ2n) is 7.75.